The highest BCUT2D eigenvalue weighted by Crippen LogP contribution is 2.20. The molecule has 0 radical (unpaired) electrons. The van der Waals surface area contributed by atoms with Crippen LogP contribution in [0.4, 0.5) is 0 Å². The molecule has 0 spiro atoms. The van der Waals surface area contributed by atoms with E-state index in [1.165, 1.54) is 17.3 Å². The first-order valence-corrected chi connectivity index (χ1v) is 8.30. The maximum Gasteiger partial charge on any atom is 0.274 e. The Morgan fingerprint density at radius 2 is 2.00 bits per heavy atom. The fourth-order valence-corrected chi connectivity index (χ4v) is 4.11. The summed E-state index contributed by atoms with van der Waals surface area (Å²) in [5, 5.41) is -0.438. The summed E-state index contributed by atoms with van der Waals surface area (Å²) in [4.78, 5) is 21.6. The largest absolute Gasteiger partial charge is 0.335 e. The van der Waals surface area contributed by atoms with Crippen molar-refractivity contribution in [3.05, 3.63) is 23.8 Å². The quantitative estimate of drug-likeness (QED) is 0.816. The number of hydrogen-bond donors (Lipinski definition) is 0. The van der Waals surface area contributed by atoms with Crippen molar-refractivity contribution < 1.29 is 13.2 Å². The molecule has 1 aromatic rings. The summed E-state index contributed by atoms with van der Waals surface area (Å²) in [6, 6.07) is 0. The summed E-state index contributed by atoms with van der Waals surface area (Å²) in [7, 11) is -3.11. The Bertz CT molecular complexity index is 590. The van der Waals surface area contributed by atoms with Gasteiger partial charge < -0.3 is 4.90 Å². The molecule has 0 aliphatic carbocycles. The van der Waals surface area contributed by atoms with Gasteiger partial charge >= 0.3 is 0 Å². The second-order valence-electron chi connectivity index (χ2n) is 5.60. The van der Waals surface area contributed by atoms with Crippen molar-refractivity contribution in [2.24, 2.45) is 5.92 Å². The molecule has 1 saturated heterocycles. The van der Waals surface area contributed by atoms with Gasteiger partial charge in [-0.2, -0.15) is 0 Å². The van der Waals surface area contributed by atoms with Crippen molar-refractivity contribution in [2.75, 3.05) is 18.8 Å². The van der Waals surface area contributed by atoms with Crippen LogP contribution in [0.15, 0.2) is 12.4 Å². The van der Waals surface area contributed by atoms with Crippen LogP contribution < -0.4 is 0 Å². The zero-order valence-corrected chi connectivity index (χ0v) is 12.7. The number of aryl methyl sites for hydroxylation is 1. The van der Waals surface area contributed by atoms with E-state index < -0.39 is 15.1 Å². The topological polar surface area (TPSA) is 80.2 Å². The Balaban J connectivity index is 1.96. The predicted molar refractivity (Wildman–Crippen MR) is 75.1 cm³/mol. The van der Waals surface area contributed by atoms with Crippen LogP contribution in [0, 0.1) is 12.8 Å². The van der Waals surface area contributed by atoms with Gasteiger partial charge in [0.15, 0.2) is 9.84 Å². The number of nitrogens with zero attached hydrogens (tertiary/aromatic N) is 3. The molecule has 110 valence electrons. The molecule has 0 atom stereocenters. The average molecular weight is 297 g/mol. The number of hydrogen-bond acceptors (Lipinski definition) is 5. The van der Waals surface area contributed by atoms with E-state index in [9.17, 15) is 13.2 Å². The molecule has 1 aliphatic rings. The van der Waals surface area contributed by atoms with Crippen LogP contribution in [0.3, 0.4) is 0 Å². The van der Waals surface area contributed by atoms with Gasteiger partial charge in [-0.1, -0.05) is 13.8 Å². The van der Waals surface area contributed by atoms with E-state index in [0.717, 1.165) is 5.69 Å². The summed E-state index contributed by atoms with van der Waals surface area (Å²) in [5.74, 6) is 0.0190. The average Bonchev–Trinajstić information content (AvgIpc) is 2.25. The molecule has 1 fully saturated rings. The minimum atomic E-state index is -3.11. The first-order chi connectivity index (χ1) is 9.29. The normalized spacial score (nSPS) is 16.3. The van der Waals surface area contributed by atoms with Crippen molar-refractivity contribution in [2.45, 2.75) is 26.0 Å². The highest BCUT2D eigenvalue weighted by Gasteiger charge is 2.40. The molecule has 6 nitrogen and oxygen atoms in total. The highest BCUT2D eigenvalue weighted by atomic mass is 32.2. The second kappa shape index (κ2) is 5.47. The Morgan fingerprint density at radius 1 is 1.35 bits per heavy atom. The monoisotopic (exact) mass is 297 g/mol. The van der Waals surface area contributed by atoms with Crippen molar-refractivity contribution in [1.29, 1.82) is 0 Å². The van der Waals surface area contributed by atoms with Crippen LogP contribution in [-0.4, -0.2) is 53.3 Å². The molecule has 2 rings (SSSR count). The van der Waals surface area contributed by atoms with Gasteiger partial charge in [0.05, 0.1) is 22.9 Å². The van der Waals surface area contributed by atoms with E-state index in [1.807, 2.05) is 13.8 Å². The van der Waals surface area contributed by atoms with Gasteiger partial charge in [0.25, 0.3) is 5.91 Å². The number of likely N-dealkylation sites (tertiary alicyclic amines) is 1. The van der Waals surface area contributed by atoms with Gasteiger partial charge in [0.1, 0.15) is 5.69 Å². The molecule has 1 aromatic heterocycles. The van der Waals surface area contributed by atoms with Crippen molar-refractivity contribution >= 4 is 15.7 Å². The summed E-state index contributed by atoms with van der Waals surface area (Å²) in [6.45, 7) is 6.05. The Hall–Kier alpha value is -1.50. The lowest BCUT2D eigenvalue weighted by molar-refractivity contribution is 0.0652. The van der Waals surface area contributed by atoms with Crippen molar-refractivity contribution in [3.8, 4) is 0 Å². The Kier molecular flexibility index (Phi) is 4.08. The Labute approximate surface area is 119 Å². The van der Waals surface area contributed by atoms with Crippen LogP contribution in [-0.2, 0) is 9.84 Å². The van der Waals surface area contributed by atoms with Crippen molar-refractivity contribution in [1.82, 2.24) is 14.9 Å². The van der Waals surface area contributed by atoms with E-state index >= 15 is 0 Å². The minimum absolute atomic E-state index is 0.104. The van der Waals surface area contributed by atoms with E-state index in [0.29, 0.717) is 0 Å². The number of rotatable bonds is 4. The van der Waals surface area contributed by atoms with Crippen LogP contribution in [0.5, 0.6) is 0 Å². The maximum absolute atomic E-state index is 12.1. The molecule has 0 bridgehead atoms. The molecule has 20 heavy (non-hydrogen) atoms. The summed E-state index contributed by atoms with van der Waals surface area (Å²) >= 11 is 0. The smallest absolute Gasteiger partial charge is 0.274 e. The van der Waals surface area contributed by atoms with E-state index in [-0.39, 0.29) is 36.4 Å². The van der Waals surface area contributed by atoms with Gasteiger partial charge in [-0.15, -0.1) is 0 Å². The standard InChI is InChI=1S/C13H19N3O3S/c1-9(2)8-20(18,19)11-6-16(7-11)13(17)12-5-14-10(3)4-15-12/h4-5,9,11H,6-8H2,1-3H3. The zero-order chi connectivity index (χ0) is 14.9. The molecule has 0 unspecified atom stereocenters. The molecule has 2 heterocycles. The first kappa shape index (κ1) is 14.9. The van der Waals surface area contributed by atoms with E-state index in [4.69, 9.17) is 0 Å². The third kappa shape index (κ3) is 3.15. The second-order valence-corrected chi connectivity index (χ2v) is 7.92. The summed E-state index contributed by atoms with van der Waals surface area (Å²) in [5.41, 5.74) is 0.998. The van der Waals surface area contributed by atoms with Crippen molar-refractivity contribution in [3.63, 3.8) is 0 Å². The maximum atomic E-state index is 12.1. The molecule has 7 heteroatoms. The zero-order valence-electron chi connectivity index (χ0n) is 11.9. The lowest BCUT2D eigenvalue weighted by Gasteiger charge is -2.38. The lowest BCUT2D eigenvalue weighted by Crippen LogP contribution is -2.57. The predicted octanol–water partition coefficient (Wildman–Crippen LogP) is 0.680. The van der Waals surface area contributed by atoms with Crippen LogP contribution in [0.25, 0.3) is 0 Å². The van der Waals surface area contributed by atoms with Gasteiger partial charge in [-0.05, 0) is 12.8 Å². The molecule has 0 saturated carbocycles. The highest BCUT2D eigenvalue weighted by molar-refractivity contribution is 7.92. The van der Waals surface area contributed by atoms with Gasteiger partial charge in [-0.3, -0.25) is 9.78 Å². The number of amides is 1. The third-order valence-corrected chi connectivity index (χ3v) is 5.65. The first-order valence-electron chi connectivity index (χ1n) is 6.59. The van der Waals surface area contributed by atoms with E-state index in [1.54, 1.807) is 6.92 Å². The van der Waals surface area contributed by atoms with Crippen LogP contribution in [0.2, 0.25) is 0 Å². The number of carbonyl (C=O) groups excluding carboxylic acids is 1. The van der Waals surface area contributed by atoms with Crippen LogP contribution in [0.1, 0.15) is 30.0 Å². The SMILES string of the molecule is Cc1cnc(C(=O)N2CC(S(=O)(=O)CC(C)C)C2)cn1. The van der Waals surface area contributed by atoms with Gasteiger partial charge in [-0.25, -0.2) is 13.4 Å². The third-order valence-electron chi connectivity index (χ3n) is 3.21. The fraction of sp³-hybridized carbons (Fsp3) is 0.615. The van der Waals surface area contributed by atoms with Gasteiger partial charge in [0, 0.05) is 19.3 Å². The number of aromatic nitrogens is 2. The summed E-state index contributed by atoms with van der Waals surface area (Å²) in [6.07, 6.45) is 2.95. The molecule has 1 aliphatic heterocycles. The lowest BCUT2D eigenvalue weighted by atomic mass is 10.2. The summed E-state index contributed by atoms with van der Waals surface area (Å²) < 4.78 is 24.0. The number of sulfone groups is 1. The molecular formula is C13H19N3O3S. The van der Waals surface area contributed by atoms with Crippen LogP contribution >= 0.6 is 0 Å². The molecule has 0 aromatic carbocycles. The molecule has 0 N–H and O–H groups in total. The Morgan fingerprint density at radius 3 is 2.50 bits per heavy atom. The fourth-order valence-electron chi connectivity index (χ4n) is 2.10. The molecular weight excluding hydrogens is 278 g/mol. The number of carbonyl (C=O) groups is 1. The van der Waals surface area contributed by atoms with Gasteiger partial charge in [0.2, 0.25) is 0 Å². The molecule has 1 amide bonds. The minimum Gasteiger partial charge on any atom is -0.335 e. The van der Waals surface area contributed by atoms with E-state index in [2.05, 4.69) is 9.97 Å².